The molecule has 1 amide bonds. The molecule has 5 heteroatoms. The van der Waals surface area contributed by atoms with E-state index in [2.05, 4.69) is 16.4 Å². The maximum atomic E-state index is 12.5. The van der Waals surface area contributed by atoms with Crippen molar-refractivity contribution in [2.45, 2.75) is 18.4 Å². The minimum Gasteiger partial charge on any atom is -0.308 e. The number of carbonyl (C=O) groups excluding carboxylic acids is 1. The van der Waals surface area contributed by atoms with Gasteiger partial charge in [0, 0.05) is 6.20 Å². The van der Waals surface area contributed by atoms with Crippen molar-refractivity contribution < 1.29 is 4.79 Å². The SMILES string of the molecule is N#CC1C(=O)NC(c2ccccn2)=NC12CCc1ccccc12. The predicted octanol–water partition coefficient (Wildman–Crippen LogP) is 1.94. The molecule has 1 spiro atoms. The van der Waals surface area contributed by atoms with Crippen molar-refractivity contribution in [3.05, 3.63) is 65.5 Å². The van der Waals surface area contributed by atoms with E-state index in [9.17, 15) is 10.1 Å². The number of nitriles is 1. The largest absolute Gasteiger partial charge is 0.308 e. The first kappa shape index (κ1) is 13.6. The summed E-state index contributed by atoms with van der Waals surface area (Å²) in [5.41, 5.74) is 1.95. The van der Waals surface area contributed by atoms with Gasteiger partial charge < -0.3 is 5.32 Å². The number of aryl methyl sites for hydroxylation is 1. The Morgan fingerprint density at radius 1 is 1.22 bits per heavy atom. The Kier molecular flexibility index (Phi) is 2.98. The van der Waals surface area contributed by atoms with Crippen molar-refractivity contribution in [1.29, 1.82) is 5.26 Å². The number of amidine groups is 1. The summed E-state index contributed by atoms with van der Waals surface area (Å²) in [5, 5.41) is 12.3. The quantitative estimate of drug-likeness (QED) is 0.874. The zero-order chi connectivity index (χ0) is 15.9. The fraction of sp³-hybridized carbons (Fsp3) is 0.222. The van der Waals surface area contributed by atoms with Crippen LogP contribution in [-0.2, 0) is 16.8 Å². The highest BCUT2D eigenvalue weighted by atomic mass is 16.2. The summed E-state index contributed by atoms with van der Waals surface area (Å²) in [6.45, 7) is 0. The van der Waals surface area contributed by atoms with E-state index in [0.29, 0.717) is 18.0 Å². The van der Waals surface area contributed by atoms with E-state index >= 15 is 0 Å². The van der Waals surface area contributed by atoms with Crippen LogP contribution in [-0.4, -0.2) is 16.7 Å². The van der Waals surface area contributed by atoms with E-state index in [1.54, 1.807) is 12.3 Å². The molecule has 2 unspecified atom stereocenters. The number of aromatic nitrogens is 1. The molecule has 2 atom stereocenters. The molecule has 0 radical (unpaired) electrons. The van der Waals surface area contributed by atoms with Crippen molar-refractivity contribution >= 4 is 11.7 Å². The summed E-state index contributed by atoms with van der Waals surface area (Å²) < 4.78 is 0. The Morgan fingerprint density at radius 3 is 2.83 bits per heavy atom. The van der Waals surface area contributed by atoms with Crippen molar-refractivity contribution in [2.24, 2.45) is 10.9 Å². The van der Waals surface area contributed by atoms with Crippen LogP contribution < -0.4 is 5.32 Å². The molecule has 0 saturated heterocycles. The maximum Gasteiger partial charge on any atom is 0.245 e. The third kappa shape index (κ3) is 1.95. The van der Waals surface area contributed by atoms with E-state index in [1.165, 1.54) is 0 Å². The number of nitrogens with zero attached hydrogens (tertiary/aromatic N) is 3. The third-order valence-corrected chi connectivity index (χ3v) is 4.59. The molecule has 0 saturated carbocycles. The van der Waals surface area contributed by atoms with Crippen LogP contribution in [0.15, 0.2) is 53.7 Å². The van der Waals surface area contributed by atoms with Crippen molar-refractivity contribution in [3.63, 3.8) is 0 Å². The van der Waals surface area contributed by atoms with Gasteiger partial charge in [0.25, 0.3) is 0 Å². The third-order valence-electron chi connectivity index (χ3n) is 4.59. The summed E-state index contributed by atoms with van der Waals surface area (Å²) in [4.78, 5) is 21.6. The first-order valence-corrected chi connectivity index (χ1v) is 7.55. The molecule has 23 heavy (non-hydrogen) atoms. The molecule has 0 bridgehead atoms. The number of fused-ring (bicyclic) bond motifs is 2. The second-order valence-electron chi connectivity index (χ2n) is 5.81. The number of hydrogen-bond acceptors (Lipinski definition) is 4. The van der Waals surface area contributed by atoms with Crippen LogP contribution >= 0.6 is 0 Å². The molecule has 1 aliphatic carbocycles. The van der Waals surface area contributed by atoms with Gasteiger partial charge in [-0.05, 0) is 36.1 Å². The van der Waals surface area contributed by atoms with Crippen LogP contribution in [0.3, 0.4) is 0 Å². The summed E-state index contributed by atoms with van der Waals surface area (Å²) >= 11 is 0. The van der Waals surface area contributed by atoms with Gasteiger partial charge in [-0.1, -0.05) is 30.3 Å². The van der Waals surface area contributed by atoms with Crippen LogP contribution in [0.4, 0.5) is 0 Å². The molecule has 2 aromatic rings. The van der Waals surface area contributed by atoms with E-state index in [4.69, 9.17) is 4.99 Å². The van der Waals surface area contributed by atoms with Crippen LogP contribution in [0.25, 0.3) is 0 Å². The molecule has 0 fully saturated rings. The lowest BCUT2D eigenvalue weighted by molar-refractivity contribution is -0.124. The van der Waals surface area contributed by atoms with Gasteiger partial charge in [0.05, 0.1) is 6.07 Å². The first-order chi connectivity index (χ1) is 11.2. The zero-order valence-electron chi connectivity index (χ0n) is 12.4. The molecule has 1 aromatic carbocycles. The summed E-state index contributed by atoms with van der Waals surface area (Å²) in [7, 11) is 0. The van der Waals surface area contributed by atoms with Gasteiger partial charge in [-0.25, -0.2) is 0 Å². The number of benzene rings is 1. The summed E-state index contributed by atoms with van der Waals surface area (Å²) in [6.07, 6.45) is 3.14. The number of amides is 1. The zero-order valence-corrected chi connectivity index (χ0v) is 12.4. The maximum absolute atomic E-state index is 12.5. The molecule has 1 aromatic heterocycles. The molecule has 5 nitrogen and oxygen atoms in total. The molecule has 1 aliphatic heterocycles. The van der Waals surface area contributed by atoms with E-state index in [1.807, 2.05) is 36.4 Å². The van der Waals surface area contributed by atoms with Crippen LogP contribution in [0.2, 0.25) is 0 Å². The lowest BCUT2D eigenvalue weighted by atomic mass is 9.78. The summed E-state index contributed by atoms with van der Waals surface area (Å²) in [5.74, 6) is -0.683. The smallest absolute Gasteiger partial charge is 0.245 e. The van der Waals surface area contributed by atoms with Gasteiger partial charge in [0.1, 0.15) is 11.2 Å². The minimum absolute atomic E-state index is 0.306. The highest BCUT2D eigenvalue weighted by Gasteiger charge is 2.51. The summed E-state index contributed by atoms with van der Waals surface area (Å²) in [6, 6.07) is 15.6. The lowest BCUT2D eigenvalue weighted by Crippen LogP contribution is -2.50. The number of nitrogens with one attached hydrogen (secondary N) is 1. The van der Waals surface area contributed by atoms with Crippen molar-refractivity contribution in [1.82, 2.24) is 10.3 Å². The number of hydrogen-bond donors (Lipinski definition) is 1. The molecule has 4 rings (SSSR count). The minimum atomic E-state index is -0.821. The first-order valence-electron chi connectivity index (χ1n) is 7.55. The second-order valence-corrected chi connectivity index (χ2v) is 5.81. The fourth-order valence-electron chi connectivity index (χ4n) is 3.52. The average Bonchev–Trinajstić information content (AvgIpc) is 2.95. The Labute approximate surface area is 133 Å². The number of carbonyl (C=O) groups is 1. The Balaban J connectivity index is 1.93. The highest BCUT2D eigenvalue weighted by Crippen LogP contribution is 2.47. The van der Waals surface area contributed by atoms with Gasteiger partial charge >= 0.3 is 0 Å². The van der Waals surface area contributed by atoms with Gasteiger partial charge in [0.2, 0.25) is 5.91 Å². The van der Waals surface area contributed by atoms with Gasteiger partial charge in [0.15, 0.2) is 11.8 Å². The number of aliphatic imine (C=N–C) groups is 1. The van der Waals surface area contributed by atoms with Crippen molar-refractivity contribution in [3.8, 4) is 6.07 Å². The monoisotopic (exact) mass is 302 g/mol. The van der Waals surface area contributed by atoms with E-state index in [-0.39, 0.29) is 5.91 Å². The van der Waals surface area contributed by atoms with Gasteiger partial charge in [-0.3, -0.25) is 14.8 Å². The predicted molar refractivity (Wildman–Crippen MR) is 84.5 cm³/mol. The normalized spacial score (nSPS) is 25.4. The standard InChI is InChI=1S/C18H14N4O/c19-11-14-17(23)21-16(15-7-3-4-10-20-15)22-18(14)9-8-12-5-1-2-6-13(12)18/h1-7,10,14H,8-9H2,(H,21,22,23). The average molecular weight is 302 g/mol. The number of rotatable bonds is 1. The van der Waals surface area contributed by atoms with Crippen LogP contribution in [0, 0.1) is 17.2 Å². The fourth-order valence-corrected chi connectivity index (χ4v) is 3.52. The Morgan fingerprint density at radius 2 is 2.04 bits per heavy atom. The van der Waals surface area contributed by atoms with Crippen LogP contribution in [0.1, 0.15) is 23.2 Å². The van der Waals surface area contributed by atoms with Gasteiger partial charge in [-0.2, -0.15) is 5.26 Å². The van der Waals surface area contributed by atoms with E-state index < -0.39 is 11.5 Å². The Bertz CT molecular complexity index is 853. The number of pyridine rings is 1. The van der Waals surface area contributed by atoms with Crippen molar-refractivity contribution in [2.75, 3.05) is 0 Å². The molecule has 2 heterocycles. The molecular formula is C18H14N4O. The highest BCUT2D eigenvalue weighted by molar-refractivity contribution is 6.10. The van der Waals surface area contributed by atoms with Gasteiger partial charge in [-0.15, -0.1) is 0 Å². The Hall–Kier alpha value is -3.00. The molecule has 112 valence electrons. The molecule has 1 N–H and O–H groups in total. The van der Waals surface area contributed by atoms with E-state index in [0.717, 1.165) is 17.5 Å². The lowest BCUT2D eigenvalue weighted by Gasteiger charge is -2.34. The second kappa shape index (κ2) is 5.03. The molecular weight excluding hydrogens is 288 g/mol. The van der Waals surface area contributed by atoms with Crippen LogP contribution in [0.5, 0.6) is 0 Å². The molecule has 2 aliphatic rings. The topological polar surface area (TPSA) is 78.1 Å².